The summed E-state index contributed by atoms with van der Waals surface area (Å²) in [6.45, 7) is 5.95. The topological polar surface area (TPSA) is 75.1 Å². The third kappa shape index (κ3) is 7.24. The molecule has 3 atom stereocenters. The van der Waals surface area contributed by atoms with Gasteiger partial charge in [0.25, 0.3) is 5.91 Å². The Morgan fingerprint density at radius 2 is 1.90 bits per heavy atom. The molecule has 0 saturated heterocycles. The van der Waals surface area contributed by atoms with Gasteiger partial charge in [-0.2, -0.15) is 0 Å². The lowest BCUT2D eigenvalue weighted by molar-refractivity contribution is 0.0325. The molecule has 1 N–H and O–H groups in total. The number of aliphatic hydroxyl groups is 1. The van der Waals surface area contributed by atoms with Crippen LogP contribution in [0, 0.1) is 17.8 Å². The third-order valence-corrected chi connectivity index (χ3v) is 6.98. The van der Waals surface area contributed by atoms with Gasteiger partial charge in [0.1, 0.15) is 18.3 Å². The minimum atomic E-state index is -0.337. The van der Waals surface area contributed by atoms with Gasteiger partial charge in [-0.05, 0) is 36.7 Å². The number of ether oxygens (including phenoxy) is 2. The Hall–Kier alpha value is -3.70. The van der Waals surface area contributed by atoms with E-state index >= 15 is 0 Å². The number of carbonyl (C=O) groups is 1. The van der Waals surface area contributed by atoms with Crippen LogP contribution in [-0.4, -0.2) is 78.4 Å². The normalized spacial score (nSPS) is 17.9. The number of benzene rings is 2. The molecule has 3 aromatic rings. The fraction of sp³-hybridized carbons (Fsp3) is 0.375. The number of amides is 1. The Labute approximate surface area is 231 Å². The maximum Gasteiger partial charge on any atom is 0.259 e. The molecule has 0 saturated carbocycles. The number of likely N-dealkylation sites (N-methyl/N-ethyl adjacent to an activating group) is 1. The van der Waals surface area contributed by atoms with Crippen LogP contribution in [0.15, 0.2) is 66.9 Å². The highest BCUT2D eigenvalue weighted by Gasteiger charge is 2.34. The van der Waals surface area contributed by atoms with E-state index in [1.54, 1.807) is 24.3 Å². The minimum absolute atomic E-state index is 0.0157. The molecule has 0 radical (unpaired) electrons. The summed E-state index contributed by atoms with van der Waals surface area (Å²) in [5, 5.41) is 9.88. The van der Waals surface area contributed by atoms with Crippen molar-refractivity contribution in [3.8, 4) is 28.8 Å². The molecule has 0 spiro atoms. The molecule has 39 heavy (non-hydrogen) atoms. The lowest BCUT2D eigenvalue weighted by Crippen LogP contribution is -2.49. The molecule has 1 aromatic heterocycles. The molecule has 7 heteroatoms. The second kappa shape index (κ2) is 13.4. The molecule has 1 amide bonds. The van der Waals surface area contributed by atoms with Crippen LogP contribution in [-0.2, 0) is 11.3 Å². The number of aromatic nitrogens is 1. The maximum atomic E-state index is 13.5. The van der Waals surface area contributed by atoms with Gasteiger partial charge in [-0.25, -0.2) is 4.98 Å². The van der Waals surface area contributed by atoms with Crippen molar-refractivity contribution < 1.29 is 19.4 Å². The van der Waals surface area contributed by atoms with Gasteiger partial charge in [0.05, 0.1) is 12.6 Å². The van der Waals surface area contributed by atoms with E-state index < -0.39 is 0 Å². The highest BCUT2D eigenvalue weighted by molar-refractivity contribution is 5.97. The van der Waals surface area contributed by atoms with Gasteiger partial charge in [0, 0.05) is 44.4 Å². The fourth-order valence-corrected chi connectivity index (χ4v) is 4.72. The van der Waals surface area contributed by atoms with Crippen molar-refractivity contribution in [2.45, 2.75) is 32.5 Å². The Morgan fingerprint density at radius 1 is 1.18 bits per heavy atom. The van der Waals surface area contributed by atoms with Crippen molar-refractivity contribution >= 4 is 5.91 Å². The van der Waals surface area contributed by atoms with Gasteiger partial charge in [0.2, 0.25) is 5.88 Å². The first-order chi connectivity index (χ1) is 18.9. The predicted octanol–water partition coefficient (Wildman–Crippen LogP) is 4.10. The number of rotatable bonds is 8. The number of pyridine rings is 1. The van der Waals surface area contributed by atoms with Crippen LogP contribution in [0.5, 0.6) is 5.88 Å². The first kappa shape index (κ1) is 28.3. The van der Waals surface area contributed by atoms with Crippen molar-refractivity contribution in [1.29, 1.82) is 0 Å². The number of nitrogens with zero attached hydrogens (tertiary/aromatic N) is 3. The quantitative estimate of drug-likeness (QED) is 0.445. The standard InChI is InChI=1S/C32H37N3O4/c1-23-19-35(24(2)22-36)32(37)29-17-26(9-8-16-38-4)18-33-31(29)39-30(23)21-34(3)20-25-12-14-28(15-13-25)27-10-6-5-7-11-27/h5-7,10-15,17-18,23-24,30,36H,16,19-22H2,1-4H3/t23-,24-,30+/m0/s1. The van der Waals surface area contributed by atoms with Gasteiger partial charge in [-0.1, -0.05) is 73.4 Å². The van der Waals surface area contributed by atoms with Crippen LogP contribution in [0.25, 0.3) is 11.1 Å². The van der Waals surface area contributed by atoms with Crippen LogP contribution in [0.2, 0.25) is 0 Å². The summed E-state index contributed by atoms with van der Waals surface area (Å²) in [6.07, 6.45) is 1.41. The van der Waals surface area contributed by atoms with Crippen molar-refractivity contribution in [3.63, 3.8) is 0 Å². The minimum Gasteiger partial charge on any atom is -0.472 e. The molecule has 1 aliphatic rings. The van der Waals surface area contributed by atoms with E-state index in [-0.39, 0.29) is 37.2 Å². The molecule has 0 bridgehead atoms. The van der Waals surface area contributed by atoms with E-state index in [4.69, 9.17) is 9.47 Å². The smallest absolute Gasteiger partial charge is 0.259 e. The van der Waals surface area contributed by atoms with Crippen LogP contribution in [0.1, 0.15) is 35.3 Å². The zero-order chi connectivity index (χ0) is 27.8. The van der Waals surface area contributed by atoms with Gasteiger partial charge in [-0.3, -0.25) is 9.69 Å². The second-order valence-electron chi connectivity index (χ2n) is 10.2. The Morgan fingerprint density at radius 3 is 2.59 bits per heavy atom. The van der Waals surface area contributed by atoms with E-state index in [9.17, 15) is 9.90 Å². The van der Waals surface area contributed by atoms with E-state index in [2.05, 4.69) is 72.1 Å². The molecule has 0 unspecified atom stereocenters. The molecule has 4 rings (SSSR count). The summed E-state index contributed by atoms with van der Waals surface area (Å²) < 4.78 is 11.4. The monoisotopic (exact) mass is 527 g/mol. The predicted molar refractivity (Wildman–Crippen MR) is 152 cm³/mol. The summed E-state index contributed by atoms with van der Waals surface area (Å²) in [4.78, 5) is 22.0. The summed E-state index contributed by atoms with van der Waals surface area (Å²) in [6, 6.07) is 20.3. The molecule has 0 fully saturated rings. The Bertz CT molecular complexity index is 1300. The number of hydrogen-bond acceptors (Lipinski definition) is 6. The highest BCUT2D eigenvalue weighted by Crippen LogP contribution is 2.28. The molecular formula is C32H37N3O4. The Balaban J connectivity index is 1.53. The first-order valence-corrected chi connectivity index (χ1v) is 13.3. The highest BCUT2D eigenvalue weighted by atomic mass is 16.5. The average Bonchev–Trinajstić information content (AvgIpc) is 2.95. The zero-order valence-corrected chi connectivity index (χ0v) is 23.1. The van der Waals surface area contributed by atoms with Crippen LogP contribution >= 0.6 is 0 Å². The fourth-order valence-electron chi connectivity index (χ4n) is 4.72. The number of aliphatic hydroxyl groups excluding tert-OH is 1. The summed E-state index contributed by atoms with van der Waals surface area (Å²) in [5.74, 6) is 5.98. The molecule has 1 aliphatic heterocycles. The Kier molecular flexibility index (Phi) is 9.72. The van der Waals surface area contributed by atoms with E-state index in [0.717, 1.165) is 6.54 Å². The van der Waals surface area contributed by atoms with E-state index in [1.165, 1.54) is 16.7 Å². The van der Waals surface area contributed by atoms with E-state index in [1.807, 2.05) is 25.1 Å². The zero-order valence-electron chi connectivity index (χ0n) is 23.1. The van der Waals surface area contributed by atoms with E-state index in [0.29, 0.717) is 30.1 Å². The molecular weight excluding hydrogens is 490 g/mol. The van der Waals surface area contributed by atoms with Crippen LogP contribution < -0.4 is 4.74 Å². The van der Waals surface area contributed by atoms with Gasteiger partial charge in [-0.15, -0.1) is 0 Å². The summed E-state index contributed by atoms with van der Waals surface area (Å²) in [5.41, 5.74) is 4.57. The van der Waals surface area contributed by atoms with Gasteiger partial charge in [0.15, 0.2) is 0 Å². The van der Waals surface area contributed by atoms with Crippen molar-refractivity contribution in [2.75, 3.05) is 40.5 Å². The van der Waals surface area contributed by atoms with Crippen molar-refractivity contribution in [1.82, 2.24) is 14.8 Å². The first-order valence-electron chi connectivity index (χ1n) is 13.3. The largest absolute Gasteiger partial charge is 0.472 e. The molecule has 204 valence electrons. The molecule has 7 nitrogen and oxygen atoms in total. The van der Waals surface area contributed by atoms with Crippen LogP contribution in [0.3, 0.4) is 0 Å². The molecule has 0 aliphatic carbocycles. The van der Waals surface area contributed by atoms with Crippen LogP contribution in [0.4, 0.5) is 0 Å². The second-order valence-corrected chi connectivity index (χ2v) is 10.2. The van der Waals surface area contributed by atoms with Crippen molar-refractivity contribution in [3.05, 3.63) is 83.6 Å². The number of carbonyl (C=O) groups excluding carboxylic acids is 1. The lowest BCUT2D eigenvalue weighted by atomic mass is 9.99. The lowest BCUT2D eigenvalue weighted by Gasteiger charge is -2.37. The number of hydrogen-bond donors (Lipinski definition) is 1. The third-order valence-electron chi connectivity index (χ3n) is 6.98. The SMILES string of the molecule is COCC#Cc1cnc2c(c1)C(=O)N([C@@H](C)CO)C[C@H](C)[C@@H](CN(C)Cc1ccc(-c3ccccc3)cc1)O2. The molecule has 2 aromatic carbocycles. The number of fused-ring (bicyclic) bond motifs is 1. The maximum absolute atomic E-state index is 13.5. The summed E-state index contributed by atoms with van der Waals surface area (Å²) >= 11 is 0. The van der Waals surface area contributed by atoms with Gasteiger partial charge < -0.3 is 19.5 Å². The average molecular weight is 528 g/mol. The van der Waals surface area contributed by atoms with Gasteiger partial charge >= 0.3 is 0 Å². The number of methoxy groups -OCH3 is 1. The van der Waals surface area contributed by atoms with Crippen molar-refractivity contribution in [2.24, 2.45) is 5.92 Å². The summed E-state index contributed by atoms with van der Waals surface area (Å²) in [7, 11) is 3.65. The molecule has 2 heterocycles.